The second kappa shape index (κ2) is 7.32. The summed E-state index contributed by atoms with van der Waals surface area (Å²) in [4.78, 5) is 35.8. The van der Waals surface area contributed by atoms with Gasteiger partial charge in [-0.05, 0) is 23.4 Å². The molecule has 0 radical (unpaired) electrons. The summed E-state index contributed by atoms with van der Waals surface area (Å²) >= 11 is 0. The first kappa shape index (κ1) is 19.7. The molecule has 0 unspecified atom stereocenters. The predicted octanol–water partition coefficient (Wildman–Crippen LogP) is 3.82. The summed E-state index contributed by atoms with van der Waals surface area (Å²) < 4.78 is 39.7. The lowest BCUT2D eigenvalue weighted by atomic mass is 10.0. The molecule has 11 heteroatoms. The van der Waals surface area contributed by atoms with Crippen LogP contribution in [0.3, 0.4) is 0 Å². The maximum Gasteiger partial charge on any atom is 0.417 e. The van der Waals surface area contributed by atoms with E-state index in [4.69, 9.17) is 0 Å². The van der Waals surface area contributed by atoms with Crippen LogP contribution in [-0.2, 0) is 6.18 Å². The van der Waals surface area contributed by atoms with Crippen LogP contribution in [-0.4, -0.2) is 34.1 Å². The first-order valence-electron chi connectivity index (χ1n) is 7.21. The number of nitrogens with zero attached hydrogens (tertiary/aromatic N) is 2. The number of imide groups is 1. The van der Waals surface area contributed by atoms with E-state index >= 15 is 0 Å². The zero-order valence-corrected chi connectivity index (χ0v) is 13.6. The fourth-order valence-corrected chi connectivity index (χ4v) is 2.16. The number of amides is 3. The molecule has 2 aromatic rings. The smallest absolute Gasteiger partial charge is 0.417 e. The van der Waals surface area contributed by atoms with Crippen molar-refractivity contribution in [3.8, 4) is 11.5 Å². The summed E-state index contributed by atoms with van der Waals surface area (Å²) in [5.41, 5.74) is -4.15. The minimum atomic E-state index is -5.17. The molecule has 0 saturated heterocycles. The molecule has 0 aliphatic carbocycles. The van der Waals surface area contributed by atoms with Gasteiger partial charge in [0, 0.05) is 12.7 Å². The van der Waals surface area contributed by atoms with Crippen molar-refractivity contribution in [1.29, 1.82) is 0 Å². The van der Waals surface area contributed by atoms with Crippen molar-refractivity contribution < 1.29 is 33.0 Å². The molecule has 142 valence electrons. The number of rotatable bonds is 3. The van der Waals surface area contributed by atoms with E-state index in [-0.39, 0.29) is 16.7 Å². The highest BCUT2D eigenvalue weighted by atomic mass is 19.4. The minimum Gasteiger partial charge on any atom is -0.504 e. The van der Waals surface area contributed by atoms with E-state index in [1.807, 2.05) is 0 Å². The Morgan fingerprint density at radius 1 is 1.15 bits per heavy atom. The molecule has 0 aromatic heterocycles. The molecule has 0 fully saturated rings. The van der Waals surface area contributed by atoms with E-state index in [2.05, 4.69) is 10.5 Å². The Bertz CT molecular complexity index is 900. The summed E-state index contributed by atoms with van der Waals surface area (Å²) in [6.45, 7) is 0. The van der Waals surface area contributed by atoms with Crippen molar-refractivity contribution in [3.05, 3.63) is 52.4 Å². The molecular weight excluding hydrogens is 371 g/mol. The van der Waals surface area contributed by atoms with Gasteiger partial charge in [0.15, 0.2) is 17.2 Å². The third-order valence-electron chi connectivity index (χ3n) is 3.50. The molecule has 2 aromatic carbocycles. The highest BCUT2D eigenvalue weighted by Gasteiger charge is 2.41. The fraction of sp³-hybridized carbons (Fsp3) is 0.125. The number of phenols is 2. The third kappa shape index (κ3) is 3.97. The van der Waals surface area contributed by atoms with Crippen LogP contribution in [0.4, 0.5) is 29.3 Å². The first-order chi connectivity index (χ1) is 12.6. The number of phenolic OH excluding ortho intramolecular Hbond substituents is 2. The highest BCUT2D eigenvalue weighted by Crippen LogP contribution is 2.46. The van der Waals surface area contributed by atoms with E-state index in [9.17, 15) is 37.9 Å². The second-order valence-electron chi connectivity index (χ2n) is 5.26. The molecule has 2 rings (SSSR count). The van der Waals surface area contributed by atoms with E-state index in [0.29, 0.717) is 0 Å². The number of nitrogens with one attached hydrogen (secondary N) is 1. The fourth-order valence-electron chi connectivity index (χ4n) is 2.16. The van der Waals surface area contributed by atoms with E-state index in [1.165, 1.54) is 12.1 Å². The first-order valence-corrected chi connectivity index (χ1v) is 7.21. The number of halogens is 3. The Morgan fingerprint density at radius 3 is 2.26 bits per heavy atom. The molecule has 3 amide bonds. The Morgan fingerprint density at radius 2 is 1.74 bits per heavy atom. The number of alkyl halides is 3. The molecule has 8 nitrogen and oxygen atoms in total. The summed E-state index contributed by atoms with van der Waals surface area (Å²) in [7, 11) is 0.874. The molecule has 27 heavy (non-hydrogen) atoms. The van der Waals surface area contributed by atoms with Crippen molar-refractivity contribution >= 4 is 23.3 Å². The average molecular weight is 383 g/mol. The maximum absolute atomic E-state index is 13.2. The standard InChI is InChI=1S/C16H12F3N3O5/c1-22(15(26)20-8-5-3-2-4-6-8)14(25)11-9(16(17,18)19)7-10(23)13(24)12(11)21-27/h2-7,23-24H,1H3,(H,20,26). The van der Waals surface area contributed by atoms with Gasteiger partial charge in [0.05, 0.1) is 11.1 Å². The summed E-state index contributed by atoms with van der Waals surface area (Å²) in [5, 5.41) is 23.5. The van der Waals surface area contributed by atoms with Gasteiger partial charge >= 0.3 is 12.2 Å². The third-order valence-corrected chi connectivity index (χ3v) is 3.50. The lowest BCUT2D eigenvalue weighted by Crippen LogP contribution is -2.37. The topological polar surface area (TPSA) is 119 Å². The number of hydrogen-bond acceptors (Lipinski definition) is 6. The lowest BCUT2D eigenvalue weighted by molar-refractivity contribution is -0.138. The molecule has 0 bridgehead atoms. The Labute approximate surface area is 149 Å². The van der Waals surface area contributed by atoms with Crippen molar-refractivity contribution in [2.45, 2.75) is 6.18 Å². The van der Waals surface area contributed by atoms with Crippen LogP contribution in [0.5, 0.6) is 11.5 Å². The van der Waals surface area contributed by atoms with Gasteiger partial charge < -0.3 is 15.5 Å². The Kier molecular flexibility index (Phi) is 5.34. The quantitative estimate of drug-likeness (QED) is 0.550. The van der Waals surface area contributed by atoms with Crippen molar-refractivity contribution in [1.82, 2.24) is 4.90 Å². The number of anilines is 1. The number of urea groups is 1. The predicted molar refractivity (Wildman–Crippen MR) is 87.8 cm³/mol. The molecule has 0 aliphatic heterocycles. The number of carbonyl (C=O) groups excluding carboxylic acids is 2. The van der Waals surface area contributed by atoms with Gasteiger partial charge in [-0.1, -0.05) is 18.2 Å². The molecule has 3 N–H and O–H groups in total. The van der Waals surface area contributed by atoms with Gasteiger partial charge in [-0.15, -0.1) is 4.91 Å². The number of nitroso groups, excluding NO2 is 1. The average Bonchev–Trinajstić information content (AvgIpc) is 2.62. The van der Waals surface area contributed by atoms with Gasteiger partial charge in [-0.3, -0.25) is 9.69 Å². The largest absolute Gasteiger partial charge is 0.504 e. The van der Waals surface area contributed by atoms with Gasteiger partial charge in [0.2, 0.25) is 0 Å². The number of benzene rings is 2. The van der Waals surface area contributed by atoms with Gasteiger partial charge in [0.25, 0.3) is 5.91 Å². The SMILES string of the molecule is CN(C(=O)Nc1ccccc1)C(=O)c1c(C(F)(F)F)cc(O)c(O)c1N=O. The van der Waals surface area contributed by atoms with Crippen LogP contribution >= 0.6 is 0 Å². The van der Waals surface area contributed by atoms with Gasteiger partial charge in [-0.25, -0.2) is 4.79 Å². The van der Waals surface area contributed by atoms with Crippen LogP contribution in [0.25, 0.3) is 0 Å². The molecular formula is C16H12F3N3O5. The van der Waals surface area contributed by atoms with E-state index in [0.717, 1.165) is 7.05 Å². The van der Waals surface area contributed by atoms with Crippen molar-refractivity contribution in [2.75, 3.05) is 12.4 Å². The Hall–Kier alpha value is -3.63. The van der Waals surface area contributed by atoms with Gasteiger partial charge in [-0.2, -0.15) is 13.2 Å². The molecule has 0 aliphatic rings. The number of aromatic hydroxyl groups is 2. The lowest BCUT2D eigenvalue weighted by Gasteiger charge is -2.20. The van der Waals surface area contributed by atoms with Crippen molar-refractivity contribution in [3.63, 3.8) is 0 Å². The van der Waals surface area contributed by atoms with E-state index in [1.54, 1.807) is 18.2 Å². The Balaban J connectivity index is 2.49. The normalized spacial score (nSPS) is 11.0. The number of hydrogen-bond donors (Lipinski definition) is 3. The van der Waals surface area contributed by atoms with Crippen LogP contribution in [0, 0.1) is 4.91 Å². The van der Waals surface area contributed by atoms with Crippen LogP contribution in [0.1, 0.15) is 15.9 Å². The number of carbonyl (C=O) groups is 2. The maximum atomic E-state index is 13.2. The number of para-hydroxylation sites is 1. The summed E-state index contributed by atoms with van der Waals surface area (Å²) in [6, 6.07) is 6.73. The highest BCUT2D eigenvalue weighted by molar-refractivity contribution is 6.11. The van der Waals surface area contributed by atoms with E-state index < -0.39 is 46.4 Å². The molecule has 0 heterocycles. The zero-order valence-electron chi connectivity index (χ0n) is 13.6. The molecule has 0 atom stereocenters. The zero-order chi connectivity index (χ0) is 20.4. The second-order valence-corrected chi connectivity index (χ2v) is 5.26. The van der Waals surface area contributed by atoms with Crippen molar-refractivity contribution in [2.24, 2.45) is 5.18 Å². The minimum absolute atomic E-state index is 0.0696. The molecule has 0 spiro atoms. The van der Waals surface area contributed by atoms with Crippen LogP contribution < -0.4 is 5.32 Å². The van der Waals surface area contributed by atoms with Crippen LogP contribution in [0.15, 0.2) is 41.6 Å². The monoisotopic (exact) mass is 383 g/mol. The summed E-state index contributed by atoms with van der Waals surface area (Å²) in [5.74, 6) is -4.15. The summed E-state index contributed by atoms with van der Waals surface area (Å²) in [6.07, 6.45) is -5.17. The molecule has 0 saturated carbocycles. The van der Waals surface area contributed by atoms with Crippen LogP contribution in [0.2, 0.25) is 0 Å². The van der Waals surface area contributed by atoms with Gasteiger partial charge in [0.1, 0.15) is 0 Å².